The number of oxazole rings is 1. The number of nitrogens with one attached hydrogen (secondary N) is 1. The van der Waals surface area contributed by atoms with Crippen LogP contribution in [0.1, 0.15) is 36.6 Å². The fourth-order valence-corrected chi connectivity index (χ4v) is 2.57. The lowest BCUT2D eigenvalue weighted by atomic mass is 10.1. The zero-order valence-corrected chi connectivity index (χ0v) is 12.3. The summed E-state index contributed by atoms with van der Waals surface area (Å²) < 4.78 is 5.41. The Morgan fingerprint density at radius 2 is 2.25 bits per heavy atom. The van der Waals surface area contributed by atoms with Gasteiger partial charge in [-0.2, -0.15) is 0 Å². The Labute approximate surface area is 119 Å². The third-order valence-electron chi connectivity index (χ3n) is 3.94. The number of carbonyl (C=O) groups is 1. The molecule has 0 aromatic carbocycles. The highest BCUT2D eigenvalue weighted by molar-refractivity contribution is 5.73. The van der Waals surface area contributed by atoms with Gasteiger partial charge in [0.05, 0.1) is 18.3 Å². The number of aliphatic hydroxyl groups excluding tert-OH is 1. The lowest BCUT2D eigenvalue weighted by Gasteiger charge is -2.23. The Hall–Kier alpha value is -1.56. The molecular weight excluding hydrogens is 258 g/mol. The number of nitrogens with zero attached hydrogens (tertiary/aromatic N) is 2. The van der Waals surface area contributed by atoms with E-state index in [4.69, 9.17) is 4.42 Å². The number of aryl methyl sites for hydroxylation is 2. The molecule has 6 nitrogen and oxygen atoms in total. The predicted octanol–water partition coefficient (Wildman–Crippen LogP) is 1.59. The maximum Gasteiger partial charge on any atom is 0.317 e. The summed E-state index contributed by atoms with van der Waals surface area (Å²) in [6.07, 6.45) is 2.59. The maximum absolute atomic E-state index is 12.0. The van der Waals surface area contributed by atoms with E-state index in [9.17, 15) is 9.90 Å². The molecule has 112 valence electrons. The van der Waals surface area contributed by atoms with Gasteiger partial charge < -0.3 is 19.7 Å². The van der Waals surface area contributed by atoms with Crippen molar-refractivity contribution in [2.45, 2.75) is 45.8 Å². The van der Waals surface area contributed by atoms with Crippen molar-refractivity contribution in [2.75, 3.05) is 13.6 Å². The third-order valence-corrected chi connectivity index (χ3v) is 3.94. The minimum atomic E-state index is -0.276. The first-order valence-electron chi connectivity index (χ1n) is 7.07. The zero-order valence-electron chi connectivity index (χ0n) is 12.3. The van der Waals surface area contributed by atoms with Gasteiger partial charge in [-0.25, -0.2) is 9.78 Å². The molecule has 2 atom stereocenters. The SMILES string of the molecule is Cc1nc(CNC(=O)N(C)CC2CCCC2O)oc1C. The van der Waals surface area contributed by atoms with Crippen molar-refractivity contribution < 1.29 is 14.3 Å². The highest BCUT2D eigenvalue weighted by Gasteiger charge is 2.27. The predicted molar refractivity (Wildman–Crippen MR) is 74.2 cm³/mol. The van der Waals surface area contributed by atoms with Crippen molar-refractivity contribution in [3.63, 3.8) is 0 Å². The van der Waals surface area contributed by atoms with Gasteiger partial charge in [0.25, 0.3) is 0 Å². The van der Waals surface area contributed by atoms with E-state index in [1.54, 1.807) is 11.9 Å². The fraction of sp³-hybridized carbons (Fsp3) is 0.714. The summed E-state index contributed by atoms with van der Waals surface area (Å²) in [5, 5.41) is 12.6. The lowest BCUT2D eigenvalue weighted by molar-refractivity contribution is 0.113. The smallest absolute Gasteiger partial charge is 0.317 e. The summed E-state index contributed by atoms with van der Waals surface area (Å²) >= 11 is 0. The number of aliphatic hydroxyl groups is 1. The molecular formula is C14H23N3O3. The van der Waals surface area contributed by atoms with E-state index in [2.05, 4.69) is 10.3 Å². The first-order valence-corrected chi connectivity index (χ1v) is 7.07. The van der Waals surface area contributed by atoms with Crippen LogP contribution in [-0.2, 0) is 6.54 Å². The Balaban J connectivity index is 1.79. The van der Waals surface area contributed by atoms with Crippen LogP contribution in [0.15, 0.2) is 4.42 Å². The highest BCUT2D eigenvalue weighted by atomic mass is 16.4. The molecule has 0 bridgehead atoms. The van der Waals surface area contributed by atoms with Crippen LogP contribution in [0.5, 0.6) is 0 Å². The molecule has 2 amide bonds. The van der Waals surface area contributed by atoms with Crippen LogP contribution in [0.25, 0.3) is 0 Å². The standard InChI is InChI=1S/C14H23N3O3/c1-9-10(2)20-13(16-9)7-15-14(19)17(3)8-11-5-4-6-12(11)18/h11-12,18H,4-8H2,1-3H3,(H,15,19). The van der Waals surface area contributed by atoms with E-state index >= 15 is 0 Å². The maximum atomic E-state index is 12.0. The van der Waals surface area contributed by atoms with Crippen LogP contribution in [0.2, 0.25) is 0 Å². The first-order chi connectivity index (χ1) is 9.47. The van der Waals surface area contributed by atoms with Gasteiger partial charge in [0.15, 0.2) is 0 Å². The molecule has 6 heteroatoms. The number of hydrogen-bond donors (Lipinski definition) is 2. The van der Waals surface area contributed by atoms with Crippen LogP contribution in [0.3, 0.4) is 0 Å². The number of rotatable bonds is 4. The monoisotopic (exact) mass is 281 g/mol. The van der Waals surface area contributed by atoms with Crippen molar-refractivity contribution in [3.8, 4) is 0 Å². The quantitative estimate of drug-likeness (QED) is 0.878. The molecule has 0 aliphatic heterocycles. The minimum absolute atomic E-state index is 0.169. The van der Waals surface area contributed by atoms with Gasteiger partial charge in [0.1, 0.15) is 5.76 Å². The molecule has 1 aliphatic rings. The second-order valence-electron chi connectivity index (χ2n) is 5.55. The summed E-state index contributed by atoms with van der Waals surface area (Å²) in [5.41, 5.74) is 0.844. The molecule has 1 fully saturated rings. The van der Waals surface area contributed by atoms with Crippen LogP contribution >= 0.6 is 0 Å². The first kappa shape index (κ1) is 14.8. The second kappa shape index (κ2) is 6.26. The zero-order chi connectivity index (χ0) is 14.7. The van der Waals surface area contributed by atoms with Gasteiger partial charge in [-0.3, -0.25) is 0 Å². The molecule has 0 spiro atoms. The van der Waals surface area contributed by atoms with E-state index in [1.807, 2.05) is 13.8 Å². The normalized spacial score (nSPS) is 22.0. The summed E-state index contributed by atoms with van der Waals surface area (Å²) in [5.74, 6) is 1.48. The number of carbonyl (C=O) groups excluding carboxylic acids is 1. The summed E-state index contributed by atoms with van der Waals surface area (Å²) in [6.45, 7) is 4.58. The minimum Gasteiger partial charge on any atom is -0.444 e. The number of urea groups is 1. The van der Waals surface area contributed by atoms with Gasteiger partial charge in [-0.1, -0.05) is 6.42 Å². The van der Waals surface area contributed by atoms with Crippen LogP contribution in [0.4, 0.5) is 4.79 Å². The fourth-order valence-electron chi connectivity index (χ4n) is 2.57. The number of aromatic nitrogens is 1. The molecule has 2 unspecified atom stereocenters. The second-order valence-corrected chi connectivity index (χ2v) is 5.55. The molecule has 2 N–H and O–H groups in total. The molecule has 0 radical (unpaired) electrons. The van der Waals surface area contributed by atoms with Gasteiger partial charge >= 0.3 is 6.03 Å². The lowest BCUT2D eigenvalue weighted by Crippen LogP contribution is -2.40. The Bertz CT molecular complexity index is 453. The molecule has 1 aromatic heterocycles. The average Bonchev–Trinajstić information content (AvgIpc) is 2.94. The van der Waals surface area contributed by atoms with Gasteiger partial charge in [0, 0.05) is 19.5 Å². The molecule has 20 heavy (non-hydrogen) atoms. The van der Waals surface area contributed by atoms with Crippen molar-refractivity contribution in [1.29, 1.82) is 0 Å². The third kappa shape index (κ3) is 3.50. The molecule has 1 aromatic rings. The van der Waals surface area contributed by atoms with Crippen molar-refractivity contribution in [3.05, 3.63) is 17.3 Å². The Morgan fingerprint density at radius 1 is 1.50 bits per heavy atom. The van der Waals surface area contributed by atoms with Crippen LogP contribution < -0.4 is 5.32 Å². The van der Waals surface area contributed by atoms with E-state index in [1.165, 1.54) is 0 Å². The average molecular weight is 281 g/mol. The molecule has 1 saturated carbocycles. The molecule has 2 rings (SSSR count). The van der Waals surface area contributed by atoms with E-state index < -0.39 is 0 Å². The highest BCUT2D eigenvalue weighted by Crippen LogP contribution is 2.25. The van der Waals surface area contributed by atoms with Gasteiger partial charge in [0.2, 0.25) is 5.89 Å². The Morgan fingerprint density at radius 3 is 2.80 bits per heavy atom. The summed E-state index contributed by atoms with van der Waals surface area (Å²) in [4.78, 5) is 17.8. The van der Waals surface area contributed by atoms with Crippen LogP contribution in [0, 0.1) is 19.8 Å². The topological polar surface area (TPSA) is 78.6 Å². The molecule has 1 heterocycles. The molecule has 0 saturated heterocycles. The van der Waals surface area contributed by atoms with E-state index in [0.29, 0.717) is 12.4 Å². The van der Waals surface area contributed by atoms with Crippen LogP contribution in [-0.4, -0.2) is 40.7 Å². The van der Waals surface area contributed by atoms with Gasteiger partial charge in [-0.05, 0) is 26.7 Å². The van der Waals surface area contributed by atoms with E-state index in [-0.39, 0.29) is 24.6 Å². The number of amides is 2. The van der Waals surface area contributed by atoms with Crippen molar-refractivity contribution in [1.82, 2.24) is 15.2 Å². The van der Waals surface area contributed by atoms with Crippen molar-refractivity contribution in [2.24, 2.45) is 5.92 Å². The van der Waals surface area contributed by atoms with Crippen molar-refractivity contribution >= 4 is 6.03 Å². The molecule has 1 aliphatic carbocycles. The largest absolute Gasteiger partial charge is 0.444 e. The summed E-state index contributed by atoms with van der Waals surface area (Å²) in [7, 11) is 1.74. The van der Waals surface area contributed by atoms with E-state index in [0.717, 1.165) is 30.7 Å². The van der Waals surface area contributed by atoms with Gasteiger partial charge in [-0.15, -0.1) is 0 Å². The summed E-state index contributed by atoms with van der Waals surface area (Å²) in [6, 6.07) is -0.169. The Kier molecular flexibility index (Phi) is 4.65. The number of hydrogen-bond acceptors (Lipinski definition) is 4.